The molecule has 0 saturated heterocycles. The van der Waals surface area contributed by atoms with E-state index in [1.54, 1.807) is 18.2 Å². The number of rotatable bonds is 2. The van der Waals surface area contributed by atoms with Crippen LogP contribution in [-0.4, -0.2) is 4.98 Å². The number of hydrogen-bond acceptors (Lipinski definition) is 4. The number of ether oxygens (including phenoxy) is 1. The summed E-state index contributed by atoms with van der Waals surface area (Å²) in [6.07, 6.45) is 1.44. The van der Waals surface area contributed by atoms with Crippen LogP contribution in [0, 0.1) is 11.3 Å². The molecule has 0 fully saturated rings. The highest BCUT2D eigenvalue weighted by Gasteiger charge is 2.11. The largest absolute Gasteiger partial charge is 0.435 e. The van der Waals surface area contributed by atoms with E-state index < -0.39 is 0 Å². The summed E-state index contributed by atoms with van der Waals surface area (Å²) in [4.78, 5) is 3.95. The summed E-state index contributed by atoms with van der Waals surface area (Å²) in [5, 5.41) is 9.49. The van der Waals surface area contributed by atoms with Crippen LogP contribution in [0.1, 0.15) is 5.56 Å². The lowest BCUT2D eigenvalue weighted by molar-refractivity contribution is 0.465. The highest BCUT2D eigenvalue weighted by molar-refractivity contribution is 6.33. The Morgan fingerprint density at radius 1 is 1.28 bits per heavy atom. The van der Waals surface area contributed by atoms with Gasteiger partial charge >= 0.3 is 0 Å². The Kier molecular flexibility index (Phi) is 3.56. The fourth-order valence-electron chi connectivity index (χ4n) is 1.30. The van der Waals surface area contributed by atoms with Crippen LogP contribution in [0.3, 0.4) is 0 Å². The monoisotopic (exact) mass is 279 g/mol. The van der Waals surface area contributed by atoms with Crippen molar-refractivity contribution >= 4 is 28.9 Å². The lowest BCUT2D eigenvalue weighted by Crippen LogP contribution is -1.95. The second-order valence-corrected chi connectivity index (χ2v) is 4.19. The van der Waals surface area contributed by atoms with Crippen molar-refractivity contribution in [2.75, 3.05) is 5.73 Å². The summed E-state index contributed by atoms with van der Waals surface area (Å²) in [7, 11) is 0. The maximum absolute atomic E-state index is 8.84. The normalized spacial score (nSPS) is 9.83. The predicted molar refractivity (Wildman–Crippen MR) is 69.9 cm³/mol. The van der Waals surface area contributed by atoms with E-state index in [0.29, 0.717) is 16.5 Å². The van der Waals surface area contributed by atoms with Gasteiger partial charge in [0.25, 0.3) is 0 Å². The molecule has 0 saturated carbocycles. The molecule has 0 aliphatic rings. The minimum Gasteiger partial charge on any atom is -0.435 e. The van der Waals surface area contributed by atoms with Gasteiger partial charge in [0.1, 0.15) is 11.1 Å². The lowest BCUT2D eigenvalue weighted by Gasteiger charge is -2.09. The summed E-state index contributed by atoms with van der Waals surface area (Å²) in [5.74, 6) is 0.508. The van der Waals surface area contributed by atoms with Crippen molar-refractivity contribution < 1.29 is 4.74 Å². The SMILES string of the molecule is N#Cc1ccnc(Oc2ccc(Cl)cc2N)c1Cl. The number of nitrogen functional groups attached to an aromatic ring is 1. The minimum atomic E-state index is 0.129. The van der Waals surface area contributed by atoms with Crippen molar-refractivity contribution in [1.82, 2.24) is 4.98 Å². The van der Waals surface area contributed by atoms with Gasteiger partial charge in [-0.25, -0.2) is 4.98 Å². The topological polar surface area (TPSA) is 71.9 Å². The Morgan fingerprint density at radius 2 is 2.06 bits per heavy atom. The molecule has 0 aliphatic heterocycles. The van der Waals surface area contributed by atoms with Crippen molar-refractivity contribution in [2.45, 2.75) is 0 Å². The molecule has 0 atom stereocenters. The van der Waals surface area contributed by atoms with Crippen LogP contribution < -0.4 is 10.5 Å². The second-order valence-electron chi connectivity index (χ2n) is 3.37. The smallest absolute Gasteiger partial charge is 0.239 e. The first-order valence-corrected chi connectivity index (χ1v) is 5.65. The first-order chi connectivity index (χ1) is 8.61. The number of pyridine rings is 1. The Balaban J connectivity index is 2.38. The van der Waals surface area contributed by atoms with E-state index in [2.05, 4.69) is 4.98 Å². The highest BCUT2D eigenvalue weighted by Crippen LogP contribution is 2.33. The predicted octanol–water partition coefficient (Wildman–Crippen LogP) is 3.63. The number of nitrogens with two attached hydrogens (primary N) is 1. The number of hydrogen-bond donors (Lipinski definition) is 1. The van der Waals surface area contributed by atoms with Gasteiger partial charge in [-0.05, 0) is 24.3 Å². The molecule has 2 N–H and O–H groups in total. The number of nitriles is 1. The molecule has 0 bridgehead atoms. The lowest BCUT2D eigenvalue weighted by atomic mass is 10.3. The van der Waals surface area contributed by atoms with Gasteiger partial charge in [0.15, 0.2) is 5.75 Å². The van der Waals surface area contributed by atoms with Gasteiger partial charge in [-0.2, -0.15) is 5.26 Å². The third-order valence-electron chi connectivity index (χ3n) is 2.16. The van der Waals surface area contributed by atoms with E-state index in [4.69, 9.17) is 38.9 Å². The number of aromatic nitrogens is 1. The van der Waals surface area contributed by atoms with Gasteiger partial charge in [-0.15, -0.1) is 0 Å². The first kappa shape index (κ1) is 12.5. The summed E-state index contributed by atoms with van der Waals surface area (Å²) in [6, 6.07) is 8.24. The van der Waals surface area contributed by atoms with E-state index in [-0.39, 0.29) is 16.5 Å². The molecule has 1 heterocycles. The Labute approximate surface area is 114 Å². The fourth-order valence-corrected chi connectivity index (χ4v) is 1.67. The average molecular weight is 280 g/mol. The van der Waals surface area contributed by atoms with E-state index in [0.717, 1.165) is 0 Å². The van der Waals surface area contributed by atoms with E-state index >= 15 is 0 Å². The Morgan fingerprint density at radius 3 is 2.72 bits per heavy atom. The third kappa shape index (κ3) is 2.48. The van der Waals surface area contributed by atoms with E-state index in [9.17, 15) is 0 Å². The molecule has 6 heteroatoms. The molecular weight excluding hydrogens is 273 g/mol. The highest BCUT2D eigenvalue weighted by atomic mass is 35.5. The maximum atomic E-state index is 8.84. The molecule has 0 aliphatic carbocycles. The standard InChI is InChI=1S/C12H7Cl2N3O/c13-8-1-2-10(9(16)5-8)18-12-11(14)7(6-15)3-4-17-12/h1-5H,16H2. The van der Waals surface area contributed by atoms with Gasteiger partial charge in [0.2, 0.25) is 5.88 Å². The molecular formula is C12H7Cl2N3O. The molecule has 1 aromatic carbocycles. The molecule has 2 rings (SSSR count). The summed E-state index contributed by atoms with van der Waals surface area (Å²) in [6.45, 7) is 0. The number of benzene rings is 1. The number of halogens is 2. The average Bonchev–Trinajstić information content (AvgIpc) is 2.35. The summed E-state index contributed by atoms with van der Waals surface area (Å²) in [5.41, 5.74) is 6.39. The van der Waals surface area contributed by atoms with Crippen LogP contribution in [0.5, 0.6) is 11.6 Å². The fraction of sp³-hybridized carbons (Fsp3) is 0. The molecule has 0 radical (unpaired) electrons. The van der Waals surface area contributed by atoms with E-state index in [1.807, 2.05) is 6.07 Å². The van der Waals surface area contributed by atoms with Crippen molar-refractivity contribution in [3.8, 4) is 17.7 Å². The molecule has 4 nitrogen and oxygen atoms in total. The molecule has 1 aromatic heterocycles. The van der Waals surface area contributed by atoms with Crippen LogP contribution in [0.2, 0.25) is 10.0 Å². The van der Waals surface area contributed by atoms with Crippen molar-refractivity contribution in [2.24, 2.45) is 0 Å². The Hall–Kier alpha value is -1.96. The van der Waals surface area contributed by atoms with Crippen molar-refractivity contribution in [3.63, 3.8) is 0 Å². The number of anilines is 1. The minimum absolute atomic E-state index is 0.129. The molecule has 18 heavy (non-hydrogen) atoms. The number of nitrogens with zero attached hydrogens (tertiary/aromatic N) is 2. The van der Waals surface area contributed by atoms with Crippen LogP contribution in [-0.2, 0) is 0 Å². The van der Waals surface area contributed by atoms with Crippen LogP contribution >= 0.6 is 23.2 Å². The van der Waals surface area contributed by atoms with Gasteiger partial charge in [-0.1, -0.05) is 23.2 Å². The second kappa shape index (κ2) is 5.13. The quantitative estimate of drug-likeness (QED) is 0.852. The van der Waals surface area contributed by atoms with Crippen molar-refractivity contribution in [1.29, 1.82) is 5.26 Å². The van der Waals surface area contributed by atoms with Gasteiger partial charge < -0.3 is 10.5 Å². The van der Waals surface area contributed by atoms with Crippen LogP contribution in [0.15, 0.2) is 30.5 Å². The third-order valence-corrected chi connectivity index (χ3v) is 2.76. The van der Waals surface area contributed by atoms with Gasteiger partial charge in [0, 0.05) is 11.2 Å². The van der Waals surface area contributed by atoms with Gasteiger partial charge in [0.05, 0.1) is 11.3 Å². The zero-order valence-electron chi connectivity index (χ0n) is 9.02. The van der Waals surface area contributed by atoms with Crippen molar-refractivity contribution in [3.05, 3.63) is 46.1 Å². The van der Waals surface area contributed by atoms with Crippen LogP contribution in [0.4, 0.5) is 5.69 Å². The Bertz CT molecular complexity index is 638. The molecule has 0 unspecified atom stereocenters. The molecule has 0 spiro atoms. The van der Waals surface area contributed by atoms with E-state index in [1.165, 1.54) is 12.3 Å². The first-order valence-electron chi connectivity index (χ1n) is 4.89. The van der Waals surface area contributed by atoms with Gasteiger partial charge in [-0.3, -0.25) is 0 Å². The molecule has 2 aromatic rings. The zero-order chi connectivity index (χ0) is 13.1. The summed E-state index contributed by atoms with van der Waals surface area (Å²) >= 11 is 11.7. The van der Waals surface area contributed by atoms with Crippen LogP contribution in [0.25, 0.3) is 0 Å². The molecule has 90 valence electrons. The maximum Gasteiger partial charge on any atom is 0.239 e. The summed E-state index contributed by atoms with van der Waals surface area (Å²) < 4.78 is 5.46. The zero-order valence-corrected chi connectivity index (χ0v) is 10.5. The molecule has 0 amide bonds.